The lowest BCUT2D eigenvalue weighted by molar-refractivity contribution is 0.136. The summed E-state index contributed by atoms with van der Waals surface area (Å²) in [6.45, 7) is 1.25. The fraction of sp³-hybridized carbons (Fsp3) is 0.562. The molecule has 0 N–H and O–H groups in total. The molecule has 1 aliphatic heterocycles. The Balaban J connectivity index is 1.83. The van der Waals surface area contributed by atoms with E-state index in [4.69, 9.17) is 5.26 Å². The summed E-state index contributed by atoms with van der Waals surface area (Å²) >= 11 is 0. The van der Waals surface area contributed by atoms with Gasteiger partial charge in [-0.1, -0.05) is 25.3 Å². The van der Waals surface area contributed by atoms with E-state index >= 15 is 0 Å². The third-order valence-electron chi connectivity index (χ3n) is 4.85. The summed E-state index contributed by atoms with van der Waals surface area (Å²) in [5.41, 5.74) is 0.392. The van der Waals surface area contributed by atoms with Crippen LogP contribution >= 0.6 is 0 Å². The van der Waals surface area contributed by atoms with Crippen LogP contribution < -0.4 is 0 Å². The van der Waals surface area contributed by atoms with Gasteiger partial charge in [-0.25, -0.2) is 8.42 Å². The van der Waals surface area contributed by atoms with Gasteiger partial charge in [-0.2, -0.15) is 9.57 Å². The van der Waals surface area contributed by atoms with Gasteiger partial charge in [0.1, 0.15) is 0 Å². The lowest BCUT2D eigenvalue weighted by Crippen LogP contribution is -2.44. The van der Waals surface area contributed by atoms with E-state index in [-0.39, 0.29) is 4.90 Å². The van der Waals surface area contributed by atoms with Gasteiger partial charge in [0.2, 0.25) is 10.0 Å². The summed E-state index contributed by atoms with van der Waals surface area (Å²) < 4.78 is 27.1. The Morgan fingerprint density at radius 3 is 2.67 bits per heavy atom. The molecule has 1 saturated heterocycles. The average Bonchev–Trinajstić information content (AvgIpc) is 2.54. The normalized spacial score (nSPS) is 26.8. The Morgan fingerprint density at radius 2 is 1.90 bits per heavy atom. The highest BCUT2D eigenvalue weighted by Gasteiger charge is 2.36. The summed E-state index contributed by atoms with van der Waals surface area (Å²) in [5.74, 6) is 1.22. The van der Waals surface area contributed by atoms with Crippen molar-refractivity contribution >= 4 is 10.0 Å². The number of fused-ring (bicyclic) bond motifs is 1. The van der Waals surface area contributed by atoms with Crippen LogP contribution in [-0.4, -0.2) is 25.8 Å². The highest BCUT2D eigenvalue weighted by Crippen LogP contribution is 2.37. The molecule has 112 valence electrons. The third-order valence-corrected chi connectivity index (χ3v) is 6.72. The van der Waals surface area contributed by atoms with E-state index in [0.29, 0.717) is 30.5 Å². The van der Waals surface area contributed by atoms with E-state index < -0.39 is 10.0 Å². The summed E-state index contributed by atoms with van der Waals surface area (Å²) in [6, 6.07) is 8.33. The van der Waals surface area contributed by atoms with Gasteiger partial charge < -0.3 is 0 Å². The Kier molecular flexibility index (Phi) is 4.01. The number of hydrogen-bond acceptors (Lipinski definition) is 3. The number of rotatable bonds is 2. The van der Waals surface area contributed by atoms with Gasteiger partial charge in [0.05, 0.1) is 16.5 Å². The smallest absolute Gasteiger partial charge is 0.207 e. The van der Waals surface area contributed by atoms with Crippen molar-refractivity contribution in [2.24, 2.45) is 11.8 Å². The molecule has 4 nitrogen and oxygen atoms in total. The zero-order chi connectivity index (χ0) is 14.9. The van der Waals surface area contributed by atoms with Crippen LogP contribution in [0.1, 0.15) is 37.7 Å². The molecular weight excluding hydrogens is 284 g/mol. The van der Waals surface area contributed by atoms with E-state index in [9.17, 15) is 8.42 Å². The minimum atomic E-state index is -3.46. The molecule has 2 aliphatic rings. The topological polar surface area (TPSA) is 61.2 Å². The molecule has 0 aromatic heterocycles. The zero-order valence-corrected chi connectivity index (χ0v) is 12.8. The molecule has 1 aliphatic carbocycles. The third kappa shape index (κ3) is 2.83. The zero-order valence-electron chi connectivity index (χ0n) is 12.0. The van der Waals surface area contributed by atoms with E-state index in [1.165, 1.54) is 25.3 Å². The molecule has 1 aromatic rings. The second kappa shape index (κ2) is 5.78. The molecule has 1 heterocycles. The largest absolute Gasteiger partial charge is 0.243 e. The van der Waals surface area contributed by atoms with E-state index in [1.54, 1.807) is 22.5 Å². The van der Waals surface area contributed by atoms with Crippen molar-refractivity contribution in [3.63, 3.8) is 0 Å². The minimum Gasteiger partial charge on any atom is -0.207 e. The summed E-state index contributed by atoms with van der Waals surface area (Å²) in [7, 11) is -3.46. The molecule has 21 heavy (non-hydrogen) atoms. The van der Waals surface area contributed by atoms with Gasteiger partial charge in [0.15, 0.2) is 0 Å². The van der Waals surface area contributed by atoms with E-state index in [0.717, 1.165) is 12.8 Å². The minimum absolute atomic E-state index is 0.246. The van der Waals surface area contributed by atoms with Gasteiger partial charge in [-0.05, 0) is 42.9 Å². The molecular formula is C16H20N2O2S. The highest BCUT2D eigenvalue weighted by molar-refractivity contribution is 7.89. The first-order chi connectivity index (χ1) is 10.1. The average molecular weight is 304 g/mol. The Bertz CT molecular complexity index is 663. The van der Waals surface area contributed by atoms with Gasteiger partial charge in [-0.15, -0.1) is 0 Å². The predicted molar refractivity (Wildman–Crippen MR) is 80.0 cm³/mol. The van der Waals surface area contributed by atoms with Gasteiger partial charge >= 0.3 is 0 Å². The van der Waals surface area contributed by atoms with Crippen molar-refractivity contribution in [2.45, 2.75) is 37.0 Å². The van der Waals surface area contributed by atoms with Crippen LogP contribution in [0.4, 0.5) is 0 Å². The first-order valence-corrected chi connectivity index (χ1v) is 9.05. The molecule has 0 radical (unpaired) electrons. The fourth-order valence-corrected chi connectivity index (χ4v) is 5.22. The van der Waals surface area contributed by atoms with Gasteiger partial charge in [-0.3, -0.25) is 0 Å². The number of sulfonamides is 1. The SMILES string of the molecule is N#Cc1cccc(S(=O)(=O)N2CC[C@@H]3CCCC[C@@H]3C2)c1. The van der Waals surface area contributed by atoms with Crippen LogP contribution in [0, 0.1) is 23.2 Å². The quantitative estimate of drug-likeness (QED) is 0.844. The Hall–Kier alpha value is -1.38. The van der Waals surface area contributed by atoms with Gasteiger partial charge in [0.25, 0.3) is 0 Å². The van der Waals surface area contributed by atoms with Crippen molar-refractivity contribution in [2.75, 3.05) is 13.1 Å². The van der Waals surface area contributed by atoms with Crippen LogP contribution in [0.2, 0.25) is 0 Å². The first-order valence-electron chi connectivity index (χ1n) is 7.61. The first kappa shape index (κ1) is 14.6. The van der Waals surface area contributed by atoms with Crippen LogP contribution in [0.5, 0.6) is 0 Å². The van der Waals surface area contributed by atoms with Crippen molar-refractivity contribution in [1.82, 2.24) is 4.31 Å². The van der Waals surface area contributed by atoms with Crippen molar-refractivity contribution in [1.29, 1.82) is 5.26 Å². The summed E-state index contributed by atoms with van der Waals surface area (Å²) in [6.07, 6.45) is 5.89. The fourth-order valence-electron chi connectivity index (χ4n) is 3.66. The van der Waals surface area contributed by atoms with Crippen molar-refractivity contribution < 1.29 is 8.42 Å². The van der Waals surface area contributed by atoms with Crippen LogP contribution in [0.3, 0.4) is 0 Å². The standard InChI is InChI=1S/C16H20N2O2S/c17-11-13-4-3-7-16(10-13)21(19,20)18-9-8-14-5-1-2-6-15(14)12-18/h3-4,7,10,14-15H,1-2,5-6,8-9,12H2/t14-,15+/m0/s1. The molecule has 3 rings (SSSR count). The highest BCUT2D eigenvalue weighted by atomic mass is 32.2. The lowest BCUT2D eigenvalue weighted by Gasteiger charge is -2.40. The molecule has 1 aromatic carbocycles. The maximum absolute atomic E-state index is 12.7. The maximum Gasteiger partial charge on any atom is 0.243 e. The lowest BCUT2D eigenvalue weighted by atomic mass is 9.76. The Labute approximate surface area is 126 Å². The molecule has 5 heteroatoms. The second-order valence-corrected chi connectivity index (χ2v) is 8.03. The van der Waals surface area contributed by atoms with Crippen LogP contribution in [0.25, 0.3) is 0 Å². The van der Waals surface area contributed by atoms with Crippen LogP contribution in [0.15, 0.2) is 29.2 Å². The molecule has 0 bridgehead atoms. The van der Waals surface area contributed by atoms with E-state index in [2.05, 4.69) is 0 Å². The van der Waals surface area contributed by atoms with Crippen LogP contribution in [-0.2, 0) is 10.0 Å². The number of piperidine rings is 1. The molecule has 2 fully saturated rings. The summed E-state index contributed by atoms with van der Waals surface area (Å²) in [4.78, 5) is 0.246. The molecule has 0 spiro atoms. The number of hydrogen-bond donors (Lipinski definition) is 0. The summed E-state index contributed by atoms with van der Waals surface area (Å²) in [5, 5.41) is 8.93. The number of nitriles is 1. The van der Waals surface area contributed by atoms with Crippen molar-refractivity contribution in [3.8, 4) is 6.07 Å². The van der Waals surface area contributed by atoms with Gasteiger partial charge in [0, 0.05) is 13.1 Å². The molecule has 0 amide bonds. The number of benzene rings is 1. The second-order valence-electron chi connectivity index (χ2n) is 6.10. The maximum atomic E-state index is 12.7. The molecule has 0 unspecified atom stereocenters. The van der Waals surface area contributed by atoms with E-state index in [1.807, 2.05) is 6.07 Å². The monoisotopic (exact) mass is 304 g/mol. The Morgan fingerprint density at radius 1 is 1.14 bits per heavy atom. The predicted octanol–water partition coefficient (Wildman–Crippen LogP) is 2.76. The molecule has 2 atom stereocenters. The molecule has 1 saturated carbocycles. The number of nitrogens with zero attached hydrogens (tertiary/aromatic N) is 2. The van der Waals surface area contributed by atoms with Crippen molar-refractivity contribution in [3.05, 3.63) is 29.8 Å².